The number of hydrogen-bond donors (Lipinski definition) is 1. The van der Waals surface area contributed by atoms with Crippen LogP contribution in [0.15, 0.2) is 48.5 Å². The molecule has 0 aliphatic carbocycles. The molecule has 5 rings (SSSR count). The number of nitrogens with zero attached hydrogens (tertiary/aromatic N) is 4. The molecule has 2 aliphatic heterocycles. The number of carbonyl (C=O) groups excluding carboxylic acids is 2. The molecule has 2 aliphatic rings. The third-order valence-corrected chi connectivity index (χ3v) is 6.81. The Bertz CT molecular complexity index is 1220. The Hall–Kier alpha value is -3.59. The zero-order valence-electron chi connectivity index (χ0n) is 19.6. The molecule has 0 spiro atoms. The zero-order chi connectivity index (χ0) is 24.4. The van der Waals surface area contributed by atoms with Crippen LogP contribution < -0.4 is 5.32 Å². The van der Waals surface area contributed by atoms with Gasteiger partial charge < -0.3 is 15.0 Å². The summed E-state index contributed by atoms with van der Waals surface area (Å²) in [6, 6.07) is 14.6. The summed E-state index contributed by atoms with van der Waals surface area (Å²) in [5.41, 5.74) is 3.71. The minimum atomic E-state index is -0.334. The highest BCUT2D eigenvalue weighted by Crippen LogP contribution is 2.28. The van der Waals surface area contributed by atoms with Crippen LogP contribution in [0.2, 0.25) is 0 Å². The molecule has 1 atom stereocenters. The van der Waals surface area contributed by atoms with E-state index in [-0.39, 0.29) is 42.8 Å². The summed E-state index contributed by atoms with van der Waals surface area (Å²) < 4.78 is 21.6. The third-order valence-electron chi connectivity index (χ3n) is 6.81. The smallest absolute Gasteiger partial charge is 0.276 e. The van der Waals surface area contributed by atoms with Crippen LogP contribution in [0.1, 0.15) is 51.8 Å². The largest absolute Gasteiger partial charge is 0.365 e. The molecule has 3 aromatic rings. The second-order valence-electron chi connectivity index (χ2n) is 9.15. The highest BCUT2D eigenvalue weighted by Gasteiger charge is 2.33. The normalized spacial score (nSPS) is 18.2. The molecule has 0 saturated carbocycles. The maximum Gasteiger partial charge on any atom is 0.276 e. The lowest BCUT2D eigenvalue weighted by molar-refractivity contribution is -0.126. The Morgan fingerprint density at radius 2 is 1.86 bits per heavy atom. The molecule has 1 unspecified atom stereocenters. The van der Waals surface area contributed by atoms with Crippen LogP contribution in [0.25, 0.3) is 0 Å². The molecule has 182 valence electrons. The van der Waals surface area contributed by atoms with E-state index in [1.165, 1.54) is 11.6 Å². The number of halogens is 1. The number of hydrogen-bond acceptors (Lipinski definition) is 5. The number of ether oxygens (including phenoxy) is 1. The van der Waals surface area contributed by atoms with Crippen molar-refractivity contribution in [2.75, 3.05) is 13.1 Å². The van der Waals surface area contributed by atoms with Crippen LogP contribution >= 0.6 is 0 Å². The molecule has 2 aromatic carbocycles. The molecule has 1 saturated heterocycles. The molecular formula is C26H28FN5O3. The summed E-state index contributed by atoms with van der Waals surface area (Å²) in [5.74, 6) is -0.844. The Morgan fingerprint density at radius 3 is 2.60 bits per heavy atom. The van der Waals surface area contributed by atoms with Gasteiger partial charge in [-0.1, -0.05) is 53.2 Å². The van der Waals surface area contributed by atoms with E-state index < -0.39 is 0 Å². The minimum Gasteiger partial charge on any atom is -0.365 e. The van der Waals surface area contributed by atoms with Gasteiger partial charge in [0.1, 0.15) is 11.9 Å². The SMILES string of the molecule is Cc1ccc(C2Cn3nnc(C(=O)N4CCC(C(=O)NCc5ccccc5F)CC4)c3CO2)cc1. The molecule has 0 bridgehead atoms. The van der Waals surface area contributed by atoms with Crippen LogP contribution in [-0.4, -0.2) is 44.8 Å². The molecule has 3 heterocycles. The van der Waals surface area contributed by atoms with Crippen LogP contribution in [0, 0.1) is 18.7 Å². The number of rotatable bonds is 5. The summed E-state index contributed by atoms with van der Waals surface area (Å²) in [6.07, 6.45) is 0.959. The van der Waals surface area contributed by atoms with E-state index in [0.29, 0.717) is 49.4 Å². The van der Waals surface area contributed by atoms with E-state index in [9.17, 15) is 14.0 Å². The monoisotopic (exact) mass is 477 g/mol. The Balaban J connectivity index is 1.16. The molecule has 0 radical (unpaired) electrons. The Labute approximate surface area is 203 Å². The second kappa shape index (κ2) is 9.95. The van der Waals surface area contributed by atoms with Crippen molar-refractivity contribution < 1.29 is 18.7 Å². The summed E-state index contributed by atoms with van der Waals surface area (Å²) in [7, 11) is 0. The van der Waals surface area contributed by atoms with Crippen LogP contribution in [0.5, 0.6) is 0 Å². The van der Waals surface area contributed by atoms with E-state index in [0.717, 1.165) is 5.56 Å². The number of nitrogens with one attached hydrogen (secondary N) is 1. The van der Waals surface area contributed by atoms with Crippen molar-refractivity contribution in [3.05, 3.63) is 82.4 Å². The molecule has 1 aromatic heterocycles. The third kappa shape index (κ3) is 4.95. The van der Waals surface area contributed by atoms with Crippen molar-refractivity contribution in [2.24, 2.45) is 5.92 Å². The number of benzene rings is 2. The fourth-order valence-electron chi connectivity index (χ4n) is 4.62. The summed E-state index contributed by atoms with van der Waals surface area (Å²) in [4.78, 5) is 27.4. The first-order valence-corrected chi connectivity index (χ1v) is 11.9. The van der Waals surface area contributed by atoms with Crippen LogP contribution in [-0.2, 0) is 29.2 Å². The van der Waals surface area contributed by atoms with Gasteiger partial charge in [0, 0.05) is 31.1 Å². The maximum absolute atomic E-state index is 13.8. The van der Waals surface area contributed by atoms with Gasteiger partial charge >= 0.3 is 0 Å². The van der Waals surface area contributed by atoms with Crippen LogP contribution in [0.4, 0.5) is 4.39 Å². The standard InChI is InChI=1S/C26H28FN5O3/c1-17-6-8-18(9-7-17)23-15-32-22(16-35-23)24(29-30-32)26(34)31-12-10-19(11-13-31)25(33)28-14-20-4-2-3-5-21(20)27/h2-9,19,23H,10-16H2,1H3,(H,28,33). The van der Waals surface area contributed by atoms with E-state index in [4.69, 9.17) is 4.74 Å². The minimum absolute atomic E-state index is 0.114. The lowest BCUT2D eigenvalue weighted by Crippen LogP contribution is -2.43. The Kier molecular flexibility index (Phi) is 6.59. The van der Waals surface area contributed by atoms with Gasteiger partial charge in [-0.2, -0.15) is 0 Å². The zero-order valence-corrected chi connectivity index (χ0v) is 19.6. The van der Waals surface area contributed by atoms with Crippen molar-refractivity contribution in [1.82, 2.24) is 25.2 Å². The molecular weight excluding hydrogens is 449 g/mol. The van der Waals surface area contributed by atoms with Crippen molar-refractivity contribution in [1.29, 1.82) is 0 Å². The van der Waals surface area contributed by atoms with Gasteiger partial charge in [-0.05, 0) is 31.4 Å². The highest BCUT2D eigenvalue weighted by atomic mass is 19.1. The van der Waals surface area contributed by atoms with E-state index in [1.807, 2.05) is 31.2 Å². The first-order valence-electron chi connectivity index (χ1n) is 11.9. The number of piperidine rings is 1. The molecule has 9 heteroatoms. The van der Waals surface area contributed by atoms with Gasteiger partial charge in [-0.15, -0.1) is 5.10 Å². The average molecular weight is 478 g/mol. The predicted molar refractivity (Wildman–Crippen MR) is 126 cm³/mol. The van der Waals surface area contributed by atoms with Gasteiger partial charge in [0.15, 0.2) is 5.69 Å². The number of amides is 2. The highest BCUT2D eigenvalue weighted by molar-refractivity contribution is 5.93. The molecule has 2 amide bonds. The molecule has 35 heavy (non-hydrogen) atoms. The lowest BCUT2D eigenvalue weighted by atomic mass is 9.95. The average Bonchev–Trinajstić information content (AvgIpc) is 3.31. The summed E-state index contributed by atoms with van der Waals surface area (Å²) >= 11 is 0. The van der Waals surface area contributed by atoms with Crippen molar-refractivity contribution in [2.45, 2.75) is 45.6 Å². The van der Waals surface area contributed by atoms with E-state index in [1.54, 1.807) is 27.8 Å². The molecule has 1 N–H and O–H groups in total. The fourth-order valence-corrected chi connectivity index (χ4v) is 4.62. The number of carbonyl (C=O) groups is 2. The number of aryl methyl sites for hydroxylation is 1. The van der Waals surface area contributed by atoms with Gasteiger partial charge in [0.25, 0.3) is 5.91 Å². The fraction of sp³-hybridized carbons (Fsp3) is 0.385. The van der Waals surface area contributed by atoms with Crippen molar-refractivity contribution in [3.63, 3.8) is 0 Å². The second-order valence-corrected chi connectivity index (χ2v) is 9.15. The lowest BCUT2D eigenvalue weighted by Gasteiger charge is -2.31. The first kappa shape index (κ1) is 23.2. The Morgan fingerprint density at radius 1 is 1.11 bits per heavy atom. The summed E-state index contributed by atoms with van der Waals surface area (Å²) in [5, 5.41) is 11.2. The van der Waals surface area contributed by atoms with Gasteiger partial charge in [0.2, 0.25) is 5.91 Å². The number of likely N-dealkylation sites (tertiary alicyclic amines) is 1. The number of fused-ring (bicyclic) bond motifs is 1. The summed E-state index contributed by atoms with van der Waals surface area (Å²) in [6.45, 7) is 3.87. The van der Waals surface area contributed by atoms with Crippen molar-refractivity contribution >= 4 is 11.8 Å². The van der Waals surface area contributed by atoms with Gasteiger partial charge in [-0.25, -0.2) is 9.07 Å². The van der Waals surface area contributed by atoms with Crippen LogP contribution in [0.3, 0.4) is 0 Å². The molecule has 1 fully saturated rings. The topological polar surface area (TPSA) is 89.4 Å². The maximum atomic E-state index is 13.8. The van der Waals surface area contributed by atoms with Gasteiger partial charge in [0.05, 0.1) is 18.8 Å². The number of aromatic nitrogens is 3. The van der Waals surface area contributed by atoms with Crippen molar-refractivity contribution in [3.8, 4) is 0 Å². The van der Waals surface area contributed by atoms with Gasteiger partial charge in [-0.3, -0.25) is 9.59 Å². The predicted octanol–water partition coefficient (Wildman–Crippen LogP) is 3.17. The van der Waals surface area contributed by atoms with E-state index in [2.05, 4.69) is 15.6 Å². The first-order chi connectivity index (χ1) is 17.0. The quantitative estimate of drug-likeness (QED) is 0.610. The van der Waals surface area contributed by atoms with E-state index >= 15 is 0 Å². The molecule has 8 nitrogen and oxygen atoms in total.